The second-order valence-corrected chi connectivity index (χ2v) is 9.44. The van der Waals surface area contributed by atoms with Crippen molar-refractivity contribution < 1.29 is 18.6 Å². The Morgan fingerprint density at radius 1 is 1.00 bits per heavy atom. The summed E-state index contributed by atoms with van der Waals surface area (Å²) in [5.41, 5.74) is 1.47. The standard InChI is InChI=1S/C27H21Br2N3O5/c1-4-36-21-12-15(23(28)24(29)25(21)35-3)14-30-32-26(31-18-9-6-5-8-16(18)27(32)33)22-13-17-19(34-2)10-7-11-20(17)37-22/h5-14H,4H2,1-3H3. The minimum absolute atomic E-state index is 0.256. The highest BCUT2D eigenvalue weighted by Gasteiger charge is 2.19. The van der Waals surface area contributed by atoms with Crippen molar-refractivity contribution in [3.05, 3.63) is 79.5 Å². The van der Waals surface area contributed by atoms with Gasteiger partial charge < -0.3 is 18.6 Å². The number of hydrogen-bond acceptors (Lipinski definition) is 7. The van der Waals surface area contributed by atoms with Crippen LogP contribution in [0.5, 0.6) is 17.2 Å². The number of para-hydroxylation sites is 1. The van der Waals surface area contributed by atoms with Crippen LogP contribution in [0, 0.1) is 0 Å². The van der Waals surface area contributed by atoms with Crippen molar-refractivity contribution in [2.75, 3.05) is 20.8 Å². The maximum absolute atomic E-state index is 13.6. The highest BCUT2D eigenvalue weighted by atomic mass is 79.9. The van der Waals surface area contributed by atoms with Crippen LogP contribution < -0.4 is 19.8 Å². The Hall–Kier alpha value is -3.63. The molecule has 10 heteroatoms. The van der Waals surface area contributed by atoms with Crippen LogP contribution in [0.25, 0.3) is 33.5 Å². The molecule has 0 spiro atoms. The van der Waals surface area contributed by atoms with E-state index in [1.165, 1.54) is 4.68 Å². The van der Waals surface area contributed by atoms with E-state index in [2.05, 4.69) is 37.0 Å². The zero-order chi connectivity index (χ0) is 26.1. The fourth-order valence-electron chi connectivity index (χ4n) is 3.98. The number of nitrogens with zero attached hydrogens (tertiary/aromatic N) is 3. The van der Waals surface area contributed by atoms with Gasteiger partial charge in [-0.1, -0.05) is 18.2 Å². The summed E-state index contributed by atoms with van der Waals surface area (Å²) < 4.78 is 25.4. The smallest absolute Gasteiger partial charge is 0.282 e. The Bertz CT molecular complexity index is 1730. The number of furan rings is 1. The molecule has 0 unspecified atom stereocenters. The van der Waals surface area contributed by atoms with Gasteiger partial charge in [-0.2, -0.15) is 9.78 Å². The van der Waals surface area contributed by atoms with E-state index in [-0.39, 0.29) is 11.4 Å². The first kappa shape index (κ1) is 25.0. The number of aromatic nitrogens is 2. The van der Waals surface area contributed by atoms with Gasteiger partial charge in [0.05, 0.1) is 47.8 Å². The number of fused-ring (bicyclic) bond motifs is 2. The average Bonchev–Trinajstić information content (AvgIpc) is 3.35. The van der Waals surface area contributed by atoms with Crippen molar-refractivity contribution in [2.45, 2.75) is 6.92 Å². The lowest BCUT2D eigenvalue weighted by atomic mass is 10.2. The van der Waals surface area contributed by atoms with Gasteiger partial charge in [0.25, 0.3) is 5.56 Å². The van der Waals surface area contributed by atoms with Crippen LogP contribution >= 0.6 is 31.9 Å². The van der Waals surface area contributed by atoms with Gasteiger partial charge >= 0.3 is 0 Å². The van der Waals surface area contributed by atoms with E-state index in [4.69, 9.17) is 23.6 Å². The molecule has 37 heavy (non-hydrogen) atoms. The largest absolute Gasteiger partial charge is 0.496 e. The van der Waals surface area contributed by atoms with Gasteiger partial charge in [-0.15, -0.1) is 0 Å². The zero-order valence-electron chi connectivity index (χ0n) is 20.1. The predicted molar refractivity (Wildman–Crippen MR) is 150 cm³/mol. The monoisotopic (exact) mass is 625 g/mol. The summed E-state index contributed by atoms with van der Waals surface area (Å²) in [6, 6.07) is 16.2. The van der Waals surface area contributed by atoms with Gasteiger partial charge in [0.2, 0.25) is 5.82 Å². The Morgan fingerprint density at radius 2 is 1.81 bits per heavy atom. The molecular weight excluding hydrogens is 606 g/mol. The molecule has 0 saturated heterocycles. The number of benzene rings is 3. The Labute approximate surface area is 228 Å². The molecule has 0 atom stereocenters. The lowest BCUT2D eigenvalue weighted by molar-refractivity contribution is 0.309. The quantitative estimate of drug-likeness (QED) is 0.188. The van der Waals surface area contributed by atoms with Gasteiger partial charge in [-0.05, 0) is 75.2 Å². The second-order valence-electron chi connectivity index (χ2n) is 7.85. The SMILES string of the molecule is CCOc1cc(C=Nn2c(-c3cc4c(OC)cccc4o3)nc3ccccc3c2=O)c(Br)c(Br)c1OC. The molecule has 0 bridgehead atoms. The highest BCUT2D eigenvalue weighted by Crippen LogP contribution is 2.42. The second kappa shape index (κ2) is 10.4. The lowest BCUT2D eigenvalue weighted by Crippen LogP contribution is -2.20. The molecule has 5 rings (SSSR count). The topological polar surface area (TPSA) is 88.1 Å². The Kier molecular flexibility index (Phi) is 7.03. The lowest BCUT2D eigenvalue weighted by Gasteiger charge is -2.14. The summed E-state index contributed by atoms with van der Waals surface area (Å²) in [5.74, 6) is 2.38. The minimum atomic E-state index is -0.335. The number of halogens is 2. The molecule has 0 radical (unpaired) electrons. The molecule has 0 N–H and O–H groups in total. The van der Waals surface area contributed by atoms with Crippen LogP contribution in [-0.4, -0.2) is 36.7 Å². The Morgan fingerprint density at radius 3 is 2.57 bits per heavy atom. The van der Waals surface area contributed by atoms with Crippen molar-refractivity contribution in [1.82, 2.24) is 9.66 Å². The number of ether oxygens (including phenoxy) is 3. The average molecular weight is 627 g/mol. The van der Waals surface area contributed by atoms with Crippen molar-refractivity contribution in [1.29, 1.82) is 0 Å². The van der Waals surface area contributed by atoms with Gasteiger partial charge in [-0.25, -0.2) is 4.98 Å². The van der Waals surface area contributed by atoms with Crippen LogP contribution in [0.3, 0.4) is 0 Å². The van der Waals surface area contributed by atoms with Crippen molar-refractivity contribution in [3.8, 4) is 28.8 Å². The molecule has 8 nitrogen and oxygen atoms in total. The van der Waals surface area contributed by atoms with Crippen LogP contribution in [-0.2, 0) is 0 Å². The summed E-state index contributed by atoms with van der Waals surface area (Å²) in [5, 5.41) is 5.75. The van der Waals surface area contributed by atoms with E-state index < -0.39 is 0 Å². The van der Waals surface area contributed by atoms with E-state index in [0.29, 0.717) is 60.6 Å². The van der Waals surface area contributed by atoms with Crippen LogP contribution in [0.2, 0.25) is 0 Å². The molecule has 5 aromatic rings. The summed E-state index contributed by atoms with van der Waals surface area (Å²) >= 11 is 7.13. The number of hydrogen-bond donors (Lipinski definition) is 0. The van der Waals surface area contributed by atoms with E-state index in [9.17, 15) is 4.79 Å². The third-order valence-corrected chi connectivity index (χ3v) is 7.83. The first-order valence-electron chi connectivity index (χ1n) is 11.3. The van der Waals surface area contributed by atoms with Crippen LogP contribution in [0.1, 0.15) is 12.5 Å². The molecule has 3 aromatic carbocycles. The predicted octanol–water partition coefficient (Wildman–Crippen LogP) is 6.63. The van der Waals surface area contributed by atoms with Crippen molar-refractivity contribution in [2.24, 2.45) is 5.10 Å². The van der Waals surface area contributed by atoms with E-state index in [1.807, 2.05) is 31.2 Å². The van der Waals surface area contributed by atoms with Gasteiger partial charge in [-0.3, -0.25) is 4.79 Å². The van der Waals surface area contributed by atoms with Crippen LogP contribution in [0.15, 0.2) is 77.9 Å². The summed E-state index contributed by atoms with van der Waals surface area (Å²) in [7, 11) is 3.16. The third-order valence-electron chi connectivity index (χ3n) is 5.69. The van der Waals surface area contributed by atoms with Gasteiger partial charge in [0.15, 0.2) is 17.3 Å². The molecular formula is C27H21Br2N3O5. The number of rotatable bonds is 7. The molecule has 0 fully saturated rings. The maximum Gasteiger partial charge on any atom is 0.282 e. The fraction of sp³-hybridized carbons (Fsp3) is 0.148. The molecule has 188 valence electrons. The summed E-state index contributed by atoms with van der Waals surface area (Å²) in [4.78, 5) is 18.3. The molecule has 0 saturated carbocycles. The van der Waals surface area contributed by atoms with E-state index >= 15 is 0 Å². The van der Waals surface area contributed by atoms with Crippen molar-refractivity contribution >= 4 is 59.9 Å². The first-order valence-corrected chi connectivity index (χ1v) is 12.9. The first-order chi connectivity index (χ1) is 18.0. The highest BCUT2D eigenvalue weighted by molar-refractivity contribution is 9.13. The van der Waals surface area contributed by atoms with Crippen LogP contribution in [0.4, 0.5) is 0 Å². The molecule has 0 aliphatic carbocycles. The molecule has 2 aromatic heterocycles. The van der Waals surface area contributed by atoms with E-state index in [1.54, 1.807) is 50.8 Å². The van der Waals surface area contributed by atoms with Gasteiger partial charge in [0, 0.05) is 10.0 Å². The normalized spacial score (nSPS) is 11.5. The summed E-state index contributed by atoms with van der Waals surface area (Å²) in [6.45, 7) is 2.34. The zero-order valence-corrected chi connectivity index (χ0v) is 23.3. The molecule has 0 amide bonds. The summed E-state index contributed by atoms with van der Waals surface area (Å²) in [6.07, 6.45) is 1.56. The maximum atomic E-state index is 13.6. The minimum Gasteiger partial charge on any atom is -0.496 e. The van der Waals surface area contributed by atoms with Gasteiger partial charge in [0.1, 0.15) is 11.3 Å². The fourth-order valence-corrected chi connectivity index (χ4v) is 4.97. The van der Waals surface area contributed by atoms with Crippen molar-refractivity contribution in [3.63, 3.8) is 0 Å². The third kappa shape index (κ3) is 4.51. The molecule has 0 aliphatic heterocycles. The Balaban J connectivity index is 1.72. The molecule has 0 aliphatic rings. The van der Waals surface area contributed by atoms with E-state index in [0.717, 1.165) is 5.39 Å². The number of methoxy groups -OCH3 is 2. The molecule has 2 heterocycles.